The van der Waals surface area contributed by atoms with Gasteiger partial charge in [-0.05, 0) is 12.1 Å². The molecule has 5 nitrogen and oxygen atoms in total. The molecule has 0 atom stereocenters. The van der Waals surface area contributed by atoms with Crippen LogP contribution in [0.4, 0.5) is 0 Å². The van der Waals surface area contributed by atoms with Crippen molar-refractivity contribution in [3.63, 3.8) is 0 Å². The molecule has 0 aliphatic rings. The highest BCUT2D eigenvalue weighted by Crippen LogP contribution is 2.30. The topological polar surface area (TPSA) is 96.3 Å². The first-order valence-corrected chi connectivity index (χ1v) is 8.63. The summed E-state index contributed by atoms with van der Waals surface area (Å²) >= 11 is 3.74. The van der Waals surface area contributed by atoms with E-state index in [-0.39, 0.29) is 0 Å². The highest BCUT2D eigenvalue weighted by atomic mass is 35.7. The number of para-hydroxylation sites is 2. The van der Waals surface area contributed by atoms with E-state index in [4.69, 9.17) is 18.6 Å². The van der Waals surface area contributed by atoms with Crippen LogP contribution in [0.15, 0.2) is 48.5 Å². The molecule has 0 unspecified atom stereocenters. The van der Waals surface area contributed by atoms with Crippen LogP contribution in [0.1, 0.15) is 0 Å². The summed E-state index contributed by atoms with van der Waals surface area (Å²) in [6, 6.07) is 17.2. The van der Waals surface area contributed by atoms with Gasteiger partial charge < -0.3 is 0 Å². The number of rotatable bonds is 0. The summed E-state index contributed by atoms with van der Waals surface area (Å²) < 4.78 is 40.4. The molecule has 0 saturated carbocycles. The average Bonchev–Trinajstić information content (AvgIpc) is 2.91. The summed E-state index contributed by atoms with van der Waals surface area (Å²) in [4.78, 5) is 0. The van der Waals surface area contributed by atoms with E-state index in [1.165, 1.54) is 24.6 Å². The van der Waals surface area contributed by atoms with Crippen molar-refractivity contribution in [2.24, 2.45) is 0 Å². The van der Waals surface area contributed by atoms with Crippen LogP contribution >= 0.6 is 22.7 Å². The van der Waals surface area contributed by atoms with E-state index >= 15 is 0 Å². The highest BCUT2D eigenvalue weighted by Gasteiger charge is 2.19. The predicted molar refractivity (Wildman–Crippen MR) is 70.4 cm³/mol. The van der Waals surface area contributed by atoms with Crippen molar-refractivity contribution in [3.8, 4) is 0 Å². The van der Waals surface area contributed by atoms with Crippen LogP contribution in [-0.4, -0.2) is 0 Å². The van der Waals surface area contributed by atoms with E-state index in [9.17, 15) is 0 Å². The SMILES string of the molecule is [O-][Cl+3]([O-])([O-])[O-].c1ccc2c(c1)sc1sc3ccccc3[n+]12. The third kappa shape index (κ3) is 3.14. The van der Waals surface area contributed by atoms with Gasteiger partial charge in [-0.3, -0.25) is 0 Å². The van der Waals surface area contributed by atoms with E-state index in [2.05, 4.69) is 52.9 Å². The number of fused-ring (bicyclic) bond motifs is 5. The van der Waals surface area contributed by atoms with Crippen LogP contribution in [0.2, 0.25) is 0 Å². The fourth-order valence-corrected chi connectivity index (χ4v) is 4.56. The van der Waals surface area contributed by atoms with Gasteiger partial charge in [0.05, 0.1) is 0 Å². The molecule has 0 radical (unpaired) electrons. The molecular formula is C13H8ClNO4S2. The van der Waals surface area contributed by atoms with Gasteiger partial charge in [-0.1, -0.05) is 46.9 Å². The van der Waals surface area contributed by atoms with Gasteiger partial charge in [0.25, 0.3) is 0 Å². The first-order valence-electron chi connectivity index (χ1n) is 5.76. The van der Waals surface area contributed by atoms with E-state index in [1.54, 1.807) is 0 Å². The van der Waals surface area contributed by atoms with Crippen molar-refractivity contribution in [2.75, 3.05) is 0 Å². The maximum absolute atomic E-state index is 8.49. The molecule has 2 heterocycles. The standard InChI is InChI=1S/C13H8NS2.ClHO4/c1-3-7-11-9(5-1)14-10-6-2-4-8-12(10)16-13(14)15-11;2-1(3,4)5/h1-8H;(H,2,3,4,5)/q+1;/p-1. The molecule has 4 aromatic rings. The lowest BCUT2D eigenvalue weighted by atomic mass is 10.3. The Morgan fingerprint density at radius 2 is 1.10 bits per heavy atom. The lowest BCUT2D eigenvalue weighted by molar-refractivity contribution is -2.00. The van der Waals surface area contributed by atoms with Crippen LogP contribution in [0.5, 0.6) is 0 Å². The van der Waals surface area contributed by atoms with E-state index < -0.39 is 10.2 Å². The third-order valence-electron chi connectivity index (χ3n) is 2.79. The fraction of sp³-hybridized carbons (Fsp3) is 0. The maximum Gasteiger partial charge on any atom is 0.327 e. The van der Waals surface area contributed by atoms with Crippen molar-refractivity contribution >= 4 is 47.3 Å². The van der Waals surface area contributed by atoms with Gasteiger partial charge in [-0.15, -0.1) is 14.6 Å². The maximum atomic E-state index is 8.49. The summed E-state index contributed by atoms with van der Waals surface area (Å²) in [5.74, 6) is 0. The van der Waals surface area contributed by atoms with Gasteiger partial charge in [0.1, 0.15) is 9.40 Å². The predicted octanol–water partition coefficient (Wildman–Crippen LogP) is -0.901. The molecule has 0 spiro atoms. The highest BCUT2D eigenvalue weighted by molar-refractivity contribution is 7.41. The largest absolute Gasteiger partial charge is 0.327 e. The first-order chi connectivity index (χ1) is 9.93. The first kappa shape index (κ1) is 14.6. The average molecular weight is 342 g/mol. The molecule has 0 fully saturated rings. The second-order valence-corrected chi connectivity index (χ2v) is 7.19. The summed E-state index contributed by atoms with van der Waals surface area (Å²) in [6.45, 7) is 0. The third-order valence-corrected chi connectivity index (χ3v) is 5.13. The Kier molecular flexibility index (Phi) is 3.80. The van der Waals surface area contributed by atoms with E-state index in [1.807, 2.05) is 22.7 Å². The minimum Gasteiger partial charge on any atom is -0.222 e. The van der Waals surface area contributed by atoms with Crippen LogP contribution in [0.25, 0.3) is 24.6 Å². The summed E-state index contributed by atoms with van der Waals surface area (Å²) in [5, 5.41) is 0. The van der Waals surface area contributed by atoms with Gasteiger partial charge in [0.2, 0.25) is 11.0 Å². The monoisotopic (exact) mass is 341 g/mol. The molecule has 0 bridgehead atoms. The summed E-state index contributed by atoms with van der Waals surface area (Å²) in [5.41, 5.74) is 2.64. The molecule has 0 saturated heterocycles. The van der Waals surface area contributed by atoms with Gasteiger partial charge in [0, 0.05) is 12.1 Å². The van der Waals surface area contributed by atoms with Crippen LogP contribution in [-0.2, 0) is 0 Å². The molecule has 8 heteroatoms. The molecule has 0 N–H and O–H groups in total. The van der Waals surface area contributed by atoms with Gasteiger partial charge in [0.15, 0.2) is 0 Å². The van der Waals surface area contributed by atoms with Crippen LogP contribution in [0, 0.1) is 10.2 Å². The Balaban J connectivity index is 0.000000233. The minimum atomic E-state index is -4.94. The van der Waals surface area contributed by atoms with Crippen molar-refractivity contribution in [3.05, 3.63) is 48.5 Å². The Bertz CT molecular complexity index is 841. The quantitative estimate of drug-likeness (QED) is 0.387. The zero-order valence-electron chi connectivity index (χ0n) is 10.4. The number of halogens is 1. The van der Waals surface area contributed by atoms with Crippen LogP contribution < -0.4 is 23.0 Å². The molecule has 0 amide bonds. The fourth-order valence-electron chi connectivity index (χ4n) is 2.08. The number of hydrogen-bond acceptors (Lipinski definition) is 6. The van der Waals surface area contributed by atoms with Crippen molar-refractivity contribution in [1.82, 2.24) is 0 Å². The Labute approximate surface area is 129 Å². The lowest BCUT2D eigenvalue weighted by Crippen LogP contribution is -2.68. The number of nitrogens with zero attached hydrogens (tertiary/aromatic N) is 1. The Hall–Kier alpha value is -1.32. The smallest absolute Gasteiger partial charge is 0.222 e. The zero-order chi connectivity index (χ0) is 15.0. The molecule has 0 aliphatic carbocycles. The van der Waals surface area contributed by atoms with Crippen molar-refractivity contribution in [2.45, 2.75) is 0 Å². The molecule has 21 heavy (non-hydrogen) atoms. The van der Waals surface area contributed by atoms with Crippen LogP contribution in [0.3, 0.4) is 0 Å². The molecule has 4 rings (SSSR count). The number of benzene rings is 2. The summed E-state index contributed by atoms with van der Waals surface area (Å²) in [7, 11) is -4.94. The van der Waals surface area contributed by atoms with E-state index in [0.717, 1.165) is 0 Å². The Morgan fingerprint density at radius 3 is 1.52 bits per heavy atom. The Morgan fingerprint density at radius 1 is 0.714 bits per heavy atom. The molecule has 108 valence electrons. The molecule has 2 aromatic heterocycles. The lowest BCUT2D eigenvalue weighted by Gasteiger charge is -2.17. The van der Waals surface area contributed by atoms with Gasteiger partial charge in [-0.25, -0.2) is 18.6 Å². The normalized spacial score (nSPS) is 11.8. The summed E-state index contributed by atoms with van der Waals surface area (Å²) in [6.07, 6.45) is 0. The van der Waals surface area contributed by atoms with Gasteiger partial charge >= 0.3 is 4.14 Å². The second kappa shape index (κ2) is 5.47. The zero-order valence-corrected chi connectivity index (χ0v) is 12.8. The number of hydrogen-bond donors (Lipinski definition) is 0. The second-order valence-electron chi connectivity index (χ2n) is 4.12. The number of thiazole rings is 2. The van der Waals surface area contributed by atoms with Gasteiger partial charge in [-0.2, -0.15) is 0 Å². The minimum absolute atomic E-state index is 1.32. The molecule has 2 aromatic carbocycles. The molecular weight excluding hydrogens is 334 g/mol. The molecule has 0 aliphatic heterocycles. The van der Waals surface area contributed by atoms with Crippen molar-refractivity contribution < 1.29 is 33.3 Å². The number of aromatic nitrogens is 1. The van der Waals surface area contributed by atoms with Crippen molar-refractivity contribution in [1.29, 1.82) is 0 Å². The van der Waals surface area contributed by atoms with E-state index in [0.29, 0.717) is 0 Å².